The largest absolute Gasteiger partial charge is 0.481 e. The van der Waals surface area contributed by atoms with Gasteiger partial charge in [0.2, 0.25) is 0 Å². The summed E-state index contributed by atoms with van der Waals surface area (Å²) in [6.45, 7) is 22.0. The predicted octanol–water partition coefficient (Wildman–Crippen LogP) is 6.59. The topological polar surface area (TPSA) is 131 Å². The van der Waals surface area contributed by atoms with Crippen LogP contribution in [0.3, 0.4) is 0 Å². The highest BCUT2D eigenvalue weighted by atomic mass is 16.4. The summed E-state index contributed by atoms with van der Waals surface area (Å²) in [5.41, 5.74) is 12.0. The Labute approximate surface area is 265 Å². The molecule has 0 radical (unpaired) electrons. The number of aromatic amines is 2. The summed E-state index contributed by atoms with van der Waals surface area (Å²) in [6, 6.07) is 0. The highest BCUT2D eigenvalue weighted by Gasteiger charge is 2.32. The molecule has 2 aliphatic heterocycles. The molecule has 2 aromatic rings. The number of aryl methyl sites for hydroxylation is 1. The fourth-order valence-corrected chi connectivity index (χ4v) is 6.66. The van der Waals surface area contributed by atoms with Crippen molar-refractivity contribution in [3.63, 3.8) is 0 Å². The van der Waals surface area contributed by atoms with Crippen LogP contribution in [0.1, 0.15) is 100 Å². The quantitative estimate of drug-likeness (QED) is 0.229. The van der Waals surface area contributed by atoms with Crippen molar-refractivity contribution in [2.45, 2.75) is 93.9 Å². The Morgan fingerprint density at radius 3 is 1.93 bits per heavy atom. The summed E-state index contributed by atoms with van der Waals surface area (Å²) >= 11 is 0. The van der Waals surface area contributed by atoms with Crippen molar-refractivity contribution >= 4 is 42.1 Å². The van der Waals surface area contributed by atoms with Crippen LogP contribution in [-0.2, 0) is 16.0 Å². The van der Waals surface area contributed by atoms with E-state index in [-0.39, 0.29) is 0 Å². The Bertz CT molecular complexity index is 1870. The third kappa shape index (κ3) is 6.10. The summed E-state index contributed by atoms with van der Waals surface area (Å²) in [7, 11) is 0. The van der Waals surface area contributed by atoms with Gasteiger partial charge in [0.25, 0.3) is 0 Å². The third-order valence-electron chi connectivity index (χ3n) is 9.44. The number of H-pyrrole nitrogens is 2. The van der Waals surface area contributed by atoms with E-state index < -0.39 is 23.8 Å². The van der Waals surface area contributed by atoms with Gasteiger partial charge in [-0.3, -0.25) is 9.59 Å². The molecule has 0 fully saturated rings. The lowest BCUT2D eigenvalue weighted by atomic mass is 9.88. The predicted molar refractivity (Wildman–Crippen MR) is 183 cm³/mol. The number of aliphatic carboxylic acids is 2. The number of hydrogen-bond donors (Lipinski definition) is 4. The molecule has 45 heavy (non-hydrogen) atoms. The molecule has 238 valence electrons. The highest BCUT2D eigenvalue weighted by molar-refractivity contribution is 6.24. The van der Waals surface area contributed by atoms with E-state index in [0.29, 0.717) is 41.1 Å². The number of hydrogen-bond acceptors (Lipinski definition) is 4. The maximum Gasteiger partial charge on any atom is 0.311 e. The number of carboxylic acids is 2. The van der Waals surface area contributed by atoms with Crippen LogP contribution in [0, 0.1) is 26.7 Å². The molecular weight excluding hydrogens is 564 g/mol. The van der Waals surface area contributed by atoms with E-state index in [1.54, 1.807) is 0 Å². The van der Waals surface area contributed by atoms with Crippen molar-refractivity contribution < 1.29 is 19.8 Å². The van der Waals surface area contributed by atoms with Gasteiger partial charge in [-0.2, -0.15) is 0 Å². The summed E-state index contributed by atoms with van der Waals surface area (Å²) in [5.74, 6) is -3.27. The van der Waals surface area contributed by atoms with Crippen molar-refractivity contribution in [1.29, 1.82) is 0 Å². The molecule has 4 N–H and O–H groups in total. The number of aliphatic imine (C=N–C) groups is 2. The standard InChI is InChI=1S/C37H46N4O4/c1-11-24-18(5)22(9)38-30(24)15-28-20(7)25(12-2)31(40-28)16-29-21(8)35(27(14-4)37(44)45)33(41-29)17-32-34(19(6)23(10)39-32)26(13-3)36(42)43/h15-17,26-27,38-39H,9,11-14H2,1-8,10H3,(H,42,43)(H,44,45)/b30-15-,31-16-,33-17?. The maximum atomic E-state index is 12.5. The van der Waals surface area contributed by atoms with E-state index >= 15 is 0 Å². The molecule has 0 saturated carbocycles. The lowest BCUT2D eigenvalue weighted by molar-refractivity contribution is -0.140. The first-order chi connectivity index (χ1) is 21.3. The van der Waals surface area contributed by atoms with Crippen LogP contribution in [-0.4, -0.2) is 43.5 Å². The van der Waals surface area contributed by atoms with E-state index in [1.165, 1.54) is 5.56 Å². The van der Waals surface area contributed by atoms with Crippen LogP contribution in [0.25, 0.3) is 18.7 Å². The number of aromatic nitrogens is 2. The zero-order valence-corrected chi connectivity index (χ0v) is 28.0. The molecule has 8 nitrogen and oxygen atoms in total. The van der Waals surface area contributed by atoms with Crippen LogP contribution in [0.15, 0.2) is 49.7 Å². The second kappa shape index (κ2) is 13.3. The Kier molecular flexibility index (Phi) is 9.86. The first kappa shape index (κ1) is 33.4. The molecule has 4 heterocycles. The number of allylic oxidation sites excluding steroid dienone is 5. The number of nitrogens with one attached hydrogen (secondary N) is 2. The van der Waals surface area contributed by atoms with E-state index in [2.05, 4.69) is 50.3 Å². The number of carbonyl (C=O) groups is 2. The van der Waals surface area contributed by atoms with Gasteiger partial charge in [-0.15, -0.1) is 0 Å². The zero-order valence-electron chi connectivity index (χ0n) is 28.0. The van der Waals surface area contributed by atoms with Crippen LogP contribution in [0.2, 0.25) is 0 Å². The molecule has 8 heteroatoms. The molecule has 0 spiro atoms. The molecular formula is C37H46N4O4. The van der Waals surface area contributed by atoms with Crippen molar-refractivity contribution in [3.8, 4) is 0 Å². The van der Waals surface area contributed by atoms with E-state index in [4.69, 9.17) is 9.98 Å². The van der Waals surface area contributed by atoms with Crippen molar-refractivity contribution in [3.05, 3.63) is 84.1 Å². The van der Waals surface area contributed by atoms with Crippen LogP contribution in [0.5, 0.6) is 0 Å². The SMILES string of the molecule is C=c1[nH]/c(=C\C2=NC(=C\C3=NC(=Cc4[nH]c(C)c(C)c4C(CC)C(=O)O)C(C(CC)C(=O)O)=C3C)/C(CC)=C2C)c(CC)c1C. The fourth-order valence-electron chi connectivity index (χ4n) is 6.66. The van der Waals surface area contributed by atoms with Crippen molar-refractivity contribution in [2.24, 2.45) is 15.9 Å². The highest BCUT2D eigenvalue weighted by Crippen LogP contribution is 2.39. The van der Waals surface area contributed by atoms with Gasteiger partial charge in [-0.1, -0.05) is 34.3 Å². The maximum absolute atomic E-state index is 12.5. The minimum absolute atomic E-state index is 0.390. The summed E-state index contributed by atoms with van der Waals surface area (Å²) in [6.07, 6.45) is 8.35. The zero-order chi connectivity index (χ0) is 33.3. The van der Waals surface area contributed by atoms with Gasteiger partial charge in [0.15, 0.2) is 0 Å². The Balaban J connectivity index is 1.92. The fraction of sp³-hybridized carbons (Fsp3) is 0.405. The first-order valence-electron chi connectivity index (χ1n) is 15.8. The van der Waals surface area contributed by atoms with Gasteiger partial charge < -0.3 is 20.2 Å². The second-order valence-corrected chi connectivity index (χ2v) is 12.0. The van der Waals surface area contributed by atoms with Gasteiger partial charge in [-0.05, 0) is 123 Å². The molecule has 0 bridgehead atoms. The Hall–Kier alpha value is -4.46. The average Bonchev–Trinajstić information content (AvgIpc) is 3.63. The Morgan fingerprint density at radius 2 is 1.38 bits per heavy atom. The smallest absolute Gasteiger partial charge is 0.311 e. The number of nitrogens with zero attached hydrogens (tertiary/aromatic N) is 2. The summed E-state index contributed by atoms with van der Waals surface area (Å²) in [5, 5.41) is 22.1. The molecule has 0 aromatic carbocycles. The van der Waals surface area contributed by atoms with E-state index in [0.717, 1.165) is 68.5 Å². The summed E-state index contributed by atoms with van der Waals surface area (Å²) in [4.78, 5) is 41.4. The van der Waals surface area contributed by atoms with Gasteiger partial charge in [0.05, 0.1) is 34.7 Å². The summed E-state index contributed by atoms with van der Waals surface area (Å²) < 4.78 is 0. The molecule has 2 aromatic heterocycles. The molecule has 2 aliphatic rings. The van der Waals surface area contributed by atoms with Crippen molar-refractivity contribution in [1.82, 2.24) is 9.97 Å². The molecule has 2 atom stereocenters. The second-order valence-electron chi connectivity index (χ2n) is 12.0. The lowest BCUT2D eigenvalue weighted by Crippen LogP contribution is -2.17. The van der Waals surface area contributed by atoms with Crippen molar-refractivity contribution in [2.75, 3.05) is 0 Å². The molecule has 4 rings (SSSR count). The lowest BCUT2D eigenvalue weighted by Gasteiger charge is -2.15. The average molecular weight is 611 g/mol. The minimum atomic E-state index is -0.920. The number of rotatable bonds is 11. The molecule has 0 saturated heterocycles. The van der Waals surface area contributed by atoms with Gasteiger partial charge in [-0.25, -0.2) is 9.98 Å². The first-order valence-corrected chi connectivity index (χ1v) is 15.8. The normalized spacial score (nSPS) is 18.8. The number of carboxylic acid groups (broad SMARTS) is 2. The third-order valence-corrected chi connectivity index (χ3v) is 9.44. The minimum Gasteiger partial charge on any atom is -0.481 e. The molecule has 2 unspecified atom stereocenters. The van der Waals surface area contributed by atoms with Gasteiger partial charge >= 0.3 is 11.9 Å². The van der Waals surface area contributed by atoms with Crippen LogP contribution in [0.4, 0.5) is 0 Å². The van der Waals surface area contributed by atoms with Gasteiger partial charge in [0.1, 0.15) is 0 Å². The van der Waals surface area contributed by atoms with Crippen LogP contribution >= 0.6 is 0 Å². The van der Waals surface area contributed by atoms with E-state index in [9.17, 15) is 19.8 Å². The molecule has 0 aliphatic carbocycles. The van der Waals surface area contributed by atoms with E-state index in [1.807, 2.05) is 46.8 Å². The monoisotopic (exact) mass is 610 g/mol. The Morgan fingerprint density at radius 1 is 0.778 bits per heavy atom. The molecule has 0 amide bonds. The van der Waals surface area contributed by atoms with Gasteiger partial charge in [0, 0.05) is 22.1 Å². The van der Waals surface area contributed by atoms with Crippen LogP contribution < -0.4 is 10.7 Å².